The number of allylic oxidation sites excluding steroid dienone is 4. The van der Waals surface area contributed by atoms with Crippen LogP contribution in [0.1, 0.15) is 6.92 Å². The Hall–Kier alpha value is 0.0384. The second-order valence-electron chi connectivity index (χ2n) is 1.76. The fraction of sp³-hybridized carbons (Fsp3) is 0.333. The molecule has 1 atom stereocenters. The number of hydrogen-bond acceptors (Lipinski definition) is 0. The van der Waals surface area contributed by atoms with Crippen molar-refractivity contribution in [2.24, 2.45) is 0 Å². The van der Waals surface area contributed by atoms with Crippen LogP contribution < -0.4 is 0 Å². The molecule has 2 radical (unpaired) electrons. The molecule has 36 valence electrons. The second kappa shape index (κ2) is 1.88. The van der Waals surface area contributed by atoms with Crippen LogP contribution in [0.3, 0.4) is 0 Å². The van der Waals surface area contributed by atoms with Crippen LogP contribution in [-0.4, -0.2) is 16.9 Å². The third kappa shape index (κ3) is 1.21. The van der Waals surface area contributed by atoms with Crippen LogP contribution in [-0.2, 0) is 0 Å². The molecule has 1 rings (SSSR count). The molecule has 0 saturated heterocycles. The van der Waals surface area contributed by atoms with Gasteiger partial charge in [0.25, 0.3) is 0 Å². The first-order chi connectivity index (χ1) is 3.29. The van der Waals surface area contributed by atoms with E-state index in [0.29, 0.717) is 4.71 Å². The van der Waals surface area contributed by atoms with Gasteiger partial charge in [-0.25, -0.2) is 0 Å². The van der Waals surface area contributed by atoms with Crippen molar-refractivity contribution in [1.82, 2.24) is 0 Å². The molecule has 1 aliphatic rings. The molecule has 0 amide bonds. The van der Waals surface area contributed by atoms with Gasteiger partial charge in [0.1, 0.15) is 0 Å². The first-order valence-corrected chi connectivity index (χ1v) is 3.42. The molecule has 1 aliphatic carbocycles. The Balaban J connectivity index is 2.69. The monoisotopic (exact) mass is 154 g/mol. The third-order valence-electron chi connectivity index (χ3n) is 0.990. The molecule has 0 saturated carbocycles. The molecule has 0 heterocycles. The van der Waals surface area contributed by atoms with Crippen LogP contribution in [0.5, 0.6) is 0 Å². The summed E-state index contributed by atoms with van der Waals surface area (Å²) in [6.07, 6.45) is 6.54. The molecule has 0 bridgehead atoms. The van der Waals surface area contributed by atoms with Crippen molar-refractivity contribution in [1.29, 1.82) is 0 Å². The van der Waals surface area contributed by atoms with Crippen LogP contribution in [0.2, 0.25) is 4.71 Å². The SMILES string of the molecule is CC1=CC([As])C=C1. The Labute approximate surface area is 52.8 Å². The van der Waals surface area contributed by atoms with E-state index >= 15 is 0 Å². The zero-order valence-electron chi connectivity index (χ0n) is 4.26. The van der Waals surface area contributed by atoms with Crippen molar-refractivity contribution >= 4 is 16.9 Å². The van der Waals surface area contributed by atoms with E-state index in [2.05, 4.69) is 42.0 Å². The molecule has 0 spiro atoms. The number of hydrogen-bond donors (Lipinski definition) is 0. The number of rotatable bonds is 0. The molecule has 0 aromatic carbocycles. The zero-order valence-corrected chi connectivity index (χ0v) is 6.13. The van der Waals surface area contributed by atoms with E-state index in [0.717, 1.165) is 0 Å². The second-order valence-corrected chi connectivity index (χ2v) is 3.01. The maximum atomic E-state index is 2.60. The van der Waals surface area contributed by atoms with Gasteiger partial charge in [0.15, 0.2) is 0 Å². The Kier molecular flexibility index (Phi) is 1.39. The molecule has 0 nitrogen and oxygen atoms in total. The van der Waals surface area contributed by atoms with Gasteiger partial charge in [0.2, 0.25) is 0 Å². The third-order valence-corrected chi connectivity index (χ3v) is 1.66. The first kappa shape index (κ1) is 5.18. The van der Waals surface area contributed by atoms with Crippen LogP contribution in [0, 0.1) is 0 Å². The molecule has 7 heavy (non-hydrogen) atoms. The van der Waals surface area contributed by atoms with Crippen molar-refractivity contribution in [2.75, 3.05) is 0 Å². The predicted molar refractivity (Wildman–Crippen MR) is 32.4 cm³/mol. The van der Waals surface area contributed by atoms with Crippen LogP contribution >= 0.6 is 0 Å². The normalized spacial score (nSPS) is 28.3. The summed E-state index contributed by atoms with van der Waals surface area (Å²) in [6, 6.07) is 0. The van der Waals surface area contributed by atoms with E-state index in [1.807, 2.05) is 0 Å². The van der Waals surface area contributed by atoms with Crippen LogP contribution in [0.25, 0.3) is 0 Å². The molecule has 0 fully saturated rings. The van der Waals surface area contributed by atoms with Gasteiger partial charge in [-0.2, -0.15) is 0 Å². The van der Waals surface area contributed by atoms with Gasteiger partial charge in [-0.1, -0.05) is 0 Å². The summed E-state index contributed by atoms with van der Waals surface area (Å²) in [4.78, 5) is 0. The summed E-state index contributed by atoms with van der Waals surface area (Å²) < 4.78 is 0.618. The van der Waals surface area contributed by atoms with E-state index < -0.39 is 0 Å². The molecule has 1 unspecified atom stereocenters. The van der Waals surface area contributed by atoms with Crippen molar-refractivity contribution in [2.45, 2.75) is 11.6 Å². The summed E-state index contributed by atoms with van der Waals surface area (Å²) in [5, 5.41) is 0. The first-order valence-electron chi connectivity index (χ1n) is 2.34. The fourth-order valence-corrected chi connectivity index (χ4v) is 1.30. The summed E-state index contributed by atoms with van der Waals surface area (Å²) in [5.74, 6) is 0. The Morgan fingerprint density at radius 1 is 1.71 bits per heavy atom. The fourth-order valence-electron chi connectivity index (χ4n) is 0.631. The summed E-state index contributed by atoms with van der Waals surface area (Å²) in [5.41, 5.74) is 1.38. The maximum absolute atomic E-state index is 2.60. The molecule has 0 aromatic heterocycles. The molecule has 0 aromatic rings. The van der Waals surface area contributed by atoms with Crippen LogP contribution in [0.4, 0.5) is 0 Å². The Morgan fingerprint density at radius 2 is 2.43 bits per heavy atom. The van der Waals surface area contributed by atoms with Gasteiger partial charge in [-0.15, -0.1) is 0 Å². The van der Waals surface area contributed by atoms with Gasteiger partial charge < -0.3 is 0 Å². The average molecular weight is 154 g/mol. The molecular weight excluding hydrogens is 147 g/mol. The predicted octanol–water partition coefficient (Wildman–Crippen LogP) is 1.46. The quantitative estimate of drug-likeness (QED) is 0.463. The van der Waals surface area contributed by atoms with Crippen LogP contribution in [0.15, 0.2) is 23.8 Å². The Bertz CT molecular complexity index is 122. The van der Waals surface area contributed by atoms with Crippen molar-refractivity contribution in [3.63, 3.8) is 0 Å². The molecule has 1 heteroatoms. The van der Waals surface area contributed by atoms with Gasteiger partial charge in [0.05, 0.1) is 0 Å². The standard InChI is InChI=1S/C6H7As/c1-5-2-3-6(7)4-5/h2-4,6H,1H3. The summed E-state index contributed by atoms with van der Waals surface area (Å²) in [7, 11) is 0. The summed E-state index contributed by atoms with van der Waals surface area (Å²) >= 11 is 2.60. The van der Waals surface area contributed by atoms with Gasteiger partial charge >= 0.3 is 52.3 Å². The van der Waals surface area contributed by atoms with Gasteiger partial charge in [0, 0.05) is 0 Å². The van der Waals surface area contributed by atoms with E-state index in [1.54, 1.807) is 0 Å². The minimum absolute atomic E-state index is 0.618. The molecule has 0 aliphatic heterocycles. The minimum atomic E-state index is 0.618. The van der Waals surface area contributed by atoms with Gasteiger partial charge in [-0.3, -0.25) is 0 Å². The zero-order chi connectivity index (χ0) is 5.28. The van der Waals surface area contributed by atoms with Crippen molar-refractivity contribution < 1.29 is 0 Å². The average Bonchev–Trinajstić information content (AvgIpc) is 1.87. The Morgan fingerprint density at radius 3 is 2.57 bits per heavy atom. The van der Waals surface area contributed by atoms with Crippen molar-refractivity contribution in [3.05, 3.63) is 23.8 Å². The molecule has 0 N–H and O–H groups in total. The van der Waals surface area contributed by atoms with E-state index in [9.17, 15) is 0 Å². The van der Waals surface area contributed by atoms with Gasteiger partial charge in [-0.05, 0) is 0 Å². The topological polar surface area (TPSA) is 0 Å². The van der Waals surface area contributed by atoms with Crippen molar-refractivity contribution in [3.8, 4) is 0 Å². The van der Waals surface area contributed by atoms with E-state index in [4.69, 9.17) is 0 Å². The summed E-state index contributed by atoms with van der Waals surface area (Å²) in [6.45, 7) is 2.12. The van der Waals surface area contributed by atoms with E-state index in [1.165, 1.54) is 5.57 Å². The molecular formula is C6H7As. The van der Waals surface area contributed by atoms with E-state index in [-0.39, 0.29) is 0 Å².